The van der Waals surface area contributed by atoms with Crippen molar-refractivity contribution < 1.29 is 4.74 Å². The molecule has 0 fully saturated rings. The van der Waals surface area contributed by atoms with Gasteiger partial charge < -0.3 is 10.1 Å². The minimum Gasteiger partial charge on any atom is -0.374 e. The van der Waals surface area contributed by atoms with Gasteiger partial charge in [-0.2, -0.15) is 0 Å². The molecule has 0 spiro atoms. The Labute approximate surface area is 102 Å². The first-order chi connectivity index (χ1) is 7.44. The fraction of sp³-hybridized carbons (Fsp3) is 1.00. The first-order valence-corrected chi connectivity index (χ1v) is 6.81. The van der Waals surface area contributed by atoms with E-state index in [0.717, 1.165) is 19.1 Å². The third-order valence-electron chi connectivity index (χ3n) is 3.03. The maximum atomic E-state index is 5.86. The second-order valence-corrected chi connectivity index (χ2v) is 5.51. The van der Waals surface area contributed by atoms with Gasteiger partial charge in [0.05, 0.1) is 5.60 Å². The Balaban J connectivity index is 4.27. The molecule has 0 aromatic heterocycles. The van der Waals surface area contributed by atoms with Gasteiger partial charge >= 0.3 is 0 Å². The van der Waals surface area contributed by atoms with Crippen LogP contribution < -0.4 is 5.32 Å². The highest BCUT2D eigenvalue weighted by Crippen LogP contribution is 2.21. The number of nitrogens with one attached hydrogen (secondary N) is 1. The summed E-state index contributed by atoms with van der Waals surface area (Å²) in [5, 5.41) is 3.62. The summed E-state index contributed by atoms with van der Waals surface area (Å²) in [7, 11) is 0. The van der Waals surface area contributed by atoms with E-state index in [2.05, 4.69) is 46.9 Å². The van der Waals surface area contributed by atoms with Crippen molar-refractivity contribution in [1.29, 1.82) is 0 Å². The first kappa shape index (κ1) is 15.9. The lowest BCUT2D eigenvalue weighted by molar-refractivity contribution is -0.0410. The molecule has 0 aliphatic heterocycles. The van der Waals surface area contributed by atoms with Crippen LogP contribution in [0.1, 0.15) is 60.8 Å². The predicted molar refractivity (Wildman–Crippen MR) is 71.9 cm³/mol. The van der Waals surface area contributed by atoms with Crippen molar-refractivity contribution in [3.63, 3.8) is 0 Å². The van der Waals surface area contributed by atoms with Gasteiger partial charge in [0.15, 0.2) is 0 Å². The van der Waals surface area contributed by atoms with Crippen molar-refractivity contribution in [3.05, 3.63) is 0 Å². The molecule has 1 N–H and O–H groups in total. The zero-order chi connectivity index (χ0) is 12.6. The van der Waals surface area contributed by atoms with Crippen LogP contribution in [0.5, 0.6) is 0 Å². The smallest absolute Gasteiger partial charge is 0.0778 e. The van der Waals surface area contributed by atoms with Gasteiger partial charge in [-0.25, -0.2) is 0 Å². The molecule has 0 amide bonds. The zero-order valence-electron chi connectivity index (χ0n) is 12.1. The van der Waals surface area contributed by atoms with E-state index in [0.29, 0.717) is 6.04 Å². The molecule has 2 heteroatoms. The van der Waals surface area contributed by atoms with Gasteiger partial charge in [-0.3, -0.25) is 0 Å². The second-order valence-electron chi connectivity index (χ2n) is 5.51. The van der Waals surface area contributed by atoms with E-state index in [1.54, 1.807) is 0 Å². The summed E-state index contributed by atoms with van der Waals surface area (Å²) >= 11 is 0. The van der Waals surface area contributed by atoms with Crippen molar-refractivity contribution >= 4 is 0 Å². The molecule has 16 heavy (non-hydrogen) atoms. The van der Waals surface area contributed by atoms with E-state index in [-0.39, 0.29) is 5.60 Å². The fourth-order valence-corrected chi connectivity index (χ4v) is 1.99. The lowest BCUT2D eigenvalue weighted by atomic mass is 9.91. The molecule has 2 nitrogen and oxygen atoms in total. The van der Waals surface area contributed by atoms with Gasteiger partial charge in [-0.05, 0) is 52.5 Å². The van der Waals surface area contributed by atoms with E-state index < -0.39 is 0 Å². The maximum absolute atomic E-state index is 5.86. The zero-order valence-corrected chi connectivity index (χ0v) is 12.1. The average Bonchev–Trinajstić information content (AvgIpc) is 2.16. The molecule has 1 atom stereocenters. The highest BCUT2D eigenvalue weighted by atomic mass is 16.5. The lowest BCUT2D eigenvalue weighted by Crippen LogP contribution is -2.49. The quantitative estimate of drug-likeness (QED) is 0.652. The third kappa shape index (κ3) is 6.49. The Morgan fingerprint density at radius 2 is 1.75 bits per heavy atom. The molecule has 98 valence electrons. The van der Waals surface area contributed by atoms with E-state index in [1.165, 1.54) is 19.3 Å². The van der Waals surface area contributed by atoms with Crippen molar-refractivity contribution in [2.75, 3.05) is 13.2 Å². The van der Waals surface area contributed by atoms with Crippen molar-refractivity contribution in [3.8, 4) is 0 Å². The van der Waals surface area contributed by atoms with Crippen molar-refractivity contribution in [2.45, 2.75) is 72.4 Å². The summed E-state index contributed by atoms with van der Waals surface area (Å²) in [4.78, 5) is 0. The highest BCUT2D eigenvalue weighted by Gasteiger charge is 2.29. The summed E-state index contributed by atoms with van der Waals surface area (Å²) in [6.07, 6.45) is 3.64. The third-order valence-corrected chi connectivity index (χ3v) is 3.03. The number of hydrogen-bond acceptors (Lipinski definition) is 2. The summed E-state index contributed by atoms with van der Waals surface area (Å²) in [5.41, 5.74) is -0.0567. The van der Waals surface area contributed by atoms with E-state index in [4.69, 9.17) is 4.74 Å². The molecule has 0 rings (SSSR count). The predicted octanol–water partition coefficient (Wildman–Crippen LogP) is 3.61. The lowest BCUT2D eigenvalue weighted by Gasteiger charge is -2.35. The molecule has 1 unspecified atom stereocenters. The first-order valence-electron chi connectivity index (χ1n) is 6.81. The topological polar surface area (TPSA) is 21.3 Å². The fourth-order valence-electron chi connectivity index (χ4n) is 1.99. The Bertz CT molecular complexity index is 166. The molecular formula is C14H31NO. The summed E-state index contributed by atoms with van der Waals surface area (Å²) < 4.78 is 5.86. The molecule has 0 aliphatic rings. The van der Waals surface area contributed by atoms with Gasteiger partial charge in [0, 0.05) is 12.6 Å². The van der Waals surface area contributed by atoms with Gasteiger partial charge in [0.1, 0.15) is 0 Å². The van der Waals surface area contributed by atoms with Crippen LogP contribution in [-0.2, 0) is 4.74 Å². The van der Waals surface area contributed by atoms with Crippen LogP contribution in [0.25, 0.3) is 0 Å². The van der Waals surface area contributed by atoms with Gasteiger partial charge in [-0.1, -0.05) is 20.8 Å². The molecule has 0 saturated heterocycles. The van der Waals surface area contributed by atoms with Crippen LogP contribution in [0.4, 0.5) is 0 Å². The number of ether oxygens (including phenoxy) is 1. The van der Waals surface area contributed by atoms with Crippen LogP contribution in [0.3, 0.4) is 0 Å². The van der Waals surface area contributed by atoms with E-state index >= 15 is 0 Å². The maximum Gasteiger partial charge on any atom is 0.0778 e. The monoisotopic (exact) mass is 229 g/mol. The van der Waals surface area contributed by atoms with Gasteiger partial charge in [-0.15, -0.1) is 0 Å². The number of hydrogen-bond donors (Lipinski definition) is 1. The van der Waals surface area contributed by atoms with Crippen molar-refractivity contribution in [2.24, 2.45) is 5.92 Å². The molecule has 0 saturated carbocycles. The number of rotatable bonds is 9. The molecule has 0 heterocycles. The van der Waals surface area contributed by atoms with Gasteiger partial charge in [0.25, 0.3) is 0 Å². The van der Waals surface area contributed by atoms with E-state index in [1.807, 2.05) is 0 Å². The molecule has 0 radical (unpaired) electrons. The van der Waals surface area contributed by atoms with Crippen molar-refractivity contribution in [1.82, 2.24) is 5.32 Å². The van der Waals surface area contributed by atoms with Crippen LogP contribution in [-0.4, -0.2) is 24.8 Å². The Hall–Kier alpha value is -0.0800. The Kier molecular flexibility index (Phi) is 8.04. The van der Waals surface area contributed by atoms with E-state index in [9.17, 15) is 0 Å². The largest absolute Gasteiger partial charge is 0.374 e. The highest BCUT2D eigenvalue weighted by molar-refractivity contribution is 4.85. The molecule has 0 aliphatic carbocycles. The van der Waals surface area contributed by atoms with Crippen LogP contribution in [0, 0.1) is 5.92 Å². The summed E-state index contributed by atoms with van der Waals surface area (Å²) in [5.74, 6) is 0.767. The normalized spacial score (nSPS) is 14.4. The Morgan fingerprint density at radius 1 is 1.12 bits per heavy atom. The SMILES string of the molecule is CCCNC(CCC(C)C)C(C)(C)OCC. The molecule has 0 aromatic carbocycles. The van der Waals surface area contributed by atoms with Crippen LogP contribution in [0.15, 0.2) is 0 Å². The minimum atomic E-state index is -0.0567. The minimum absolute atomic E-state index is 0.0567. The standard InChI is InChI=1S/C14H31NO/c1-7-11-15-13(10-9-12(3)4)14(5,6)16-8-2/h12-13,15H,7-11H2,1-6H3. The summed E-state index contributed by atoms with van der Waals surface area (Å²) in [6.45, 7) is 15.1. The van der Waals surface area contributed by atoms with Crippen LogP contribution in [0.2, 0.25) is 0 Å². The Morgan fingerprint density at radius 3 is 2.19 bits per heavy atom. The molecule has 0 bridgehead atoms. The second kappa shape index (κ2) is 8.08. The molecule has 0 aromatic rings. The van der Waals surface area contributed by atoms with Gasteiger partial charge in [0.2, 0.25) is 0 Å². The average molecular weight is 229 g/mol. The summed E-state index contributed by atoms with van der Waals surface area (Å²) in [6, 6.07) is 0.467. The molecular weight excluding hydrogens is 198 g/mol. The van der Waals surface area contributed by atoms with Crippen LogP contribution >= 0.6 is 0 Å².